The smallest absolute Gasteiger partial charge is 0.246 e. The maximum Gasteiger partial charge on any atom is 0.246 e. The number of carbonyl (C=O) groups excluding carboxylic acids is 1. The molecule has 2 aromatic rings. The van der Waals surface area contributed by atoms with E-state index in [1.807, 2.05) is 4.90 Å². The monoisotopic (exact) mass is 382 g/mol. The van der Waals surface area contributed by atoms with E-state index < -0.39 is 5.82 Å². The van der Waals surface area contributed by atoms with Crippen LogP contribution in [0.15, 0.2) is 48.8 Å². The lowest BCUT2D eigenvalue weighted by atomic mass is 9.80. The molecular weight excluding hydrogens is 359 g/mol. The number of likely N-dealkylation sites (tertiary alicyclic amines) is 1. The normalized spacial score (nSPS) is 24.4. The lowest BCUT2D eigenvalue weighted by Crippen LogP contribution is -2.27. The molecule has 1 aromatic heterocycles. The molecule has 5 nitrogen and oxygen atoms in total. The summed E-state index contributed by atoms with van der Waals surface area (Å²) in [7, 11) is 0. The molecule has 2 fully saturated rings. The highest BCUT2D eigenvalue weighted by Crippen LogP contribution is 2.36. The molecule has 0 radical (unpaired) electrons. The van der Waals surface area contributed by atoms with E-state index in [-0.39, 0.29) is 17.8 Å². The standard InChI is InChI=1S/C22H23FN2O3/c23-20-10-15(3-7-21(20)28-19-2-1-9-24-12-19)4-8-22(27)25-13-16-5-6-18(26)11-17(16)14-25/h1-4,7-10,12,16-18,26H,5-6,11,13-14H2/b8-4+/t16-,17+,18-/m1/s1. The molecule has 146 valence electrons. The number of rotatable bonds is 4. The van der Waals surface area contributed by atoms with Crippen molar-refractivity contribution in [3.8, 4) is 11.5 Å². The Kier molecular flexibility index (Phi) is 5.39. The minimum Gasteiger partial charge on any atom is -0.453 e. The van der Waals surface area contributed by atoms with Crippen LogP contribution in [0.3, 0.4) is 0 Å². The largest absolute Gasteiger partial charge is 0.453 e. The number of ether oxygens (including phenoxy) is 1. The van der Waals surface area contributed by atoms with Gasteiger partial charge in [-0.25, -0.2) is 4.39 Å². The third-order valence-electron chi connectivity index (χ3n) is 5.57. The molecule has 1 N–H and O–H groups in total. The van der Waals surface area contributed by atoms with E-state index in [9.17, 15) is 14.3 Å². The van der Waals surface area contributed by atoms with Crippen LogP contribution in [0.5, 0.6) is 11.5 Å². The van der Waals surface area contributed by atoms with Gasteiger partial charge in [-0.15, -0.1) is 0 Å². The third-order valence-corrected chi connectivity index (χ3v) is 5.57. The number of aliphatic hydroxyl groups is 1. The molecule has 0 unspecified atom stereocenters. The average molecular weight is 382 g/mol. The highest BCUT2D eigenvalue weighted by atomic mass is 19.1. The number of hydrogen-bond acceptors (Lipinski definition) is 4. The second kappa shape index (κ2) is 8.10. The van der Waals surface area contributed by atoms with Gasteiger partial charge < -0.3 is 14.7 Å². The van der Waals surface area contributed by atoms with Crippen LogP contribution in [0.25, 0.3) is 6.08 Å². The van der Waals surface area contributed by atoms with Crippen molar-refractivity contribution in [1.29, 1.82) is 0 Å². The van der Waals surface area contributed by atoms with Crippen LogP contribution < -0.4 is 4.74 Å². The number of nitrogens with zero attached hydrogens (tertiary/aromatic N) is 2. The van der Waals surface area contributed by atoms with E-state index in [0.29, 0.717) is 29.7 Å². The van der Waals surface area contributed by atoms with Gasteiger partial charge in [0.1, 0.15) is 5.75 Å². The van der Waals surface area contributed by atoms with Crippen molar-refractivity contribution in [2.75, 3.05) is 13.1 Å². The summed E-state index contributed by atoms with van der Waals surface area (Å²) in [4.78, 5) is 18.3. The zero-order valence-corrected chi connectivity index (χ0v) is 15.5. The van der Waals surface area contributed by atoms with E-state index in [2.05, 4.69) is 4.98 Å². The van der Waals surface area contributed by atoms with Gasteiger partial charge in [-0.1, -0.05) is 6.07 Å². The predicted octanol–water partition coefficient (Wildman–Crippen LogP) is 3.65. The summed E-state index contributed by atoms with van der Waals surface area (Å²) in [5.41, 5.74) is 0.594. The van der Waals surface area contributed by atoms with E-state index in [1.54, 1.807) is 30.5 Å². The highest BCUT2D eigenvalue weighted by Gasteiger charge is 2.38. The van der Waals surface area contributed by atoms with Crippen LogP contribution in [0.4, 0.5) is 4.39 Å². The molecule has 3 atom stereocenters. The van der Waals surface area contributed by atoms with Crippen LogP contribution in [-0.2, 0) is 4.79 Å². The summed E-state index contributed by atoms with van der Waals surface area (Å²) in [5, 5.41) is 9.81. The first kappa shape index (κ1) is 18.6. The van der Waals surface area contributed by atoms with Crippen LogP contribution in [0, 0.1) is 17.7 Å². The number of benzene rings is 1. The maximum atomic E-state index is 14.3. The Labute approximate surface area is 163 Å². The molecule has 2 aliphatic rings. The van der Waals surface area contributed by atoms with Crippen molar-refractivity contribution in [3.05, 3.63) is 60.2 Å². The Morgan fingerprint density at radius 3 is 2.89 bits per heavy atom. The molecule has 1 aromatic carbocycles. The minimum absolute atomic E-state index is 0.0695. The van der Waals surface area contributed by atoms with Crippen LogP contribution in [-0.4, -0.2) is 40.1 Å². The molecule has 2 heterocycles. The summed E-state index contributed by atoms with van der Waals surface area (Å²) >= 11 is 0. The van der Waals surface area contributed by atoms with Gasteiger partial charge in [0, 0.05) is 25.4 Å². The van der Waals surface area contributed by atoms with Gasteiger partial charge in [-0.2, -0.15) is 0 Å². The quantitative estimate of drug-likeness (QED) is 0.820. The average Bonchev–Trinajstić information content (AvgIpc) is 3.12. The number of fused-ring (bicyclic) bond motifs is 1. The maximum absolute atomic E-state index is 14.3. The number of amides is 1. The fourth-order valence-electron chi connectivity index (χ4n) is 4.10. The third kappa shape index (κ3) is 4.22. The van der Waals surface area contributed by atoms with E-state index in [1.165, 1.54) is 24.4 Å². The molecular formula is C22H23FN2O3. The van der Waals surface area contributed by atoms with Crippen LogP contribution >= 0.6 is 0 Å². The topological polar surface area (TPSA) is 62.7 Å². The molecule has 1 aliphatic heterocycles. The van der Waals surface area contributed by atoms with Gasteiger partial charge in [0.05, 0.1) is 12.3 Å². The van der Waals surface area contributed by atoms with Gasteiger partial charge in [0.2, 0.25) is 5.91 Å². The van der Waals surface area contributed by atoms with Gasteiger partial charge >= 0.3 is 0 Å². The summed E-state index contributed by atoms with van der Waals surface area (Å²) in [6.45, 7) is 1.43. The van der Waals surface area contributed by atoms with Gasteiger partial charge in [-0.3, -0.25) is 9.78 Å². The fraction of sp³-hybridized carbons (Fsp3) is 0.364. The van der Waals surface area contributed by atoms with Crippen molar-refractivity contribution < 1.29 is 19.0 Å². The van der Waals surface area contributed by atoms with Crippen molar-refractivity contribution in [3.63, 3.8) is 0 Å². The first-order chi connectivity index (χ1) is 13.6. The molecule has 28 heavy (non-hydrogen) atoms. The van der Waals surface area contributed by atoms with Gasteiger partial charge in [0.15, 0.2) is 11.6 Å². The lowest BCUT2D eigenvalue weighted by molar-refractivity contribution is -0.125. The zero-order valence-electron chi connectivity index (χ0n) is 15.5. The fourth-order valence-corrected chi connectivity index (χ4v) is 4.10. The number of halogens is 1. The first-order valence-corrected chi connectivity index (χ1v) is 9.61. The first-order valence-electron chi connectivity index (χ1n) is 9.61. The summed E-state index contributed by atoms with van der Waals surface area (Å²) in [5.74, 6) is 0.878. The van der Waals surface area contributed by atoms with Crippen molar-refractivity contribution in [2.45, 2.75) is 25.4 Å². The van der Waals surface area contributed by atoms with Crippen LogP contribution in [0.1, 0.15) is 24.8 Å². The predicted molar refractivity (Wildman–Crippen MR) is 103 cm³/mol. The molecule has 6 heteroatoms. The van der Waals surface area contributed by atoms with E-state index in [0.717, 1.165) is 25.8 Å². The molecule has 0 bridgehead atoms. The summed E-state index contributed by atoms with van der Waals surface area (Å²) in [6, 6.07) is 8.00. The van der Waals surface area contributed by atoms with E-state index >= 15 is 0 Å². The highest BCUT2D eigenvalue weighted by molar-refractivity contribution is 5.92. The number of aliphatic hydroxyl groups excluding tert-OH is 1. The van der Waals surface area contributed by atoms with Crippen molar-refractivity contribution in [2.24, 2.45) is 11.8 Å². The second-order valence-corrected chi connectivity index (χ2v) is 7.54. The summed E-state index contributed by atoms with van der Waals surface area (Å²) in [6.07, 6.45) is 8.59. The molecule has 1 saturated carbocycles. The molecule has 1 aliphatic carbocycles. The number of hydrogen-bond donors (Lipinski definition) is 1. The SMILES string of the molecule is O=C(/C=C/c1ccc(Oc2cccnc2)c(F)c1)N1C[C@H]2CC[C@@H](O)C[C@H]2C1. The summed E-state index contributed by atoms with van der Waals surface area (Å²) < 4.78 is 19.8. The zero-order chi connectivity index (χ0) is 19.5. The number of carbonyl (C=O) groups is 1. The Morgan fingerprint density at radius 2 is 2.11 bits per heavy atom. The lowest BCUT2D eigenvalue weighted by Gasteiger charge is -2.27. The number of pyridine rings is 1. The van der Waals surface area contributed by atoms with Crippen molar-refractivity contribution >= 4 is 12.0 Å². The Hall–Kier alpha value is -2.73. The Bertz CT molecular complexity index is 871. The van der Waals surface area contributed by atoms with E-state index in [4.69, 9.17) is 4.74 Å². The second-order valence-electron chi connectivity index (χ2n) is 7.54. The molecule has 1 amide bonds. The van der Waals surface area contributed by atoms with Gasteiger partial charge in [0.25, 0.3) is 0 Å². The van der Waals surface area contributed by atoms with Crippen LogP contribution in [0.2, 0.25) is 0 Å². The number of aromatic nitrogens is 1. The Morgan fingerprint density at radius 1 is 1.25 bits per heavy atom. The molecule has 4 rings (SSSR count). The van der Waals surface area contributed by atoms with Gasteiger partial charge in [-0.05, 0) is 67.0 Å². The molecule has 0 spiro atoms. The Balaban J connectivity index is 1.38. The van der Waals surface area contributed by atoms with Crippen molar-refractivity contribution in [1.82, 2.24) is 9.88 Å². The minimum atomic E-state index is -0.500. The molecule has 1 saturated heterocycles.